The summed E-state index contributed by atoms with van der Waals surface area (Å²) in [5.41, 5.74) is 1.11. The molecule has 0 aliphatic heterocycles. The fraction of sp³-hybridized carbons (Fsp3) is 0.417. The normalized spacial score (nSPS) is 12.8. The van der Waals surface area contributed by atoms with Gasteiger partial charge in [0.2, 0.25) is 0 Å². The first kappa shape index (κ1) is 13.0. The lowest BCUT2D eigenvalue weighted by Crippen LogP contribution is -2.35. The fourth-order valence-electron chi connectivity index (χ4n) is 1.56. The molecule has 1 atom stereocenters. The molecule has 0 aliphatic carbocycles. The summed E-state index contributed by atoms with van der Waals surface area (Å²) >= 11 is 5.77. The van der Waals surface area contributed by atoms with Crippen molar-refractivity contribution in [3.05, 3.63) is 34.9 Å². The molecule has 0 fully saturated rings. The Morgan fingerprint density at radius 3 is 2.38 bits per heavy atom. The molecule has 1 aromatic carbocycles. The highest BCUT2D eigenvalue weighted by atomic mass is 35.5. The number of carbonyl (C=O) groups is 1. The Morgan fingerprint density at radius 2 is 1.94 bits per heavy atom. The lowest BCUT2D eigenvalue weighted by molar-refractivity contribution is -0.142. The highest BCUT2D eigenvalue weighted by Crippen LogP contribution is 2.12. The number of rotatable bonds is 5. The van der Waals surface area contributed by atoms with Crippen LogP contribution in [0, 0.1) is 0 Å². The van der Waals surface area contributed by atoms with E-state index in [0.717, 1.165) is 12.0 Å². The van der Waals surface area contributed by atoms with Crippen molar-refractivity contribution in [1.29, 1.82) is 0 Å². The first-order chi connectivity index (χ1) is 7.50. The van der Waals surface area contributed by atoms with Gasteiger partial charge in [0, 0.05) is 5.02 Å². The van der Waals surface area contributed by atoms with Crippen molar-refractivity contribution in [2.45, 2.75) is 18.9 Å². The minimum absolute atomic E-state index is 0.435. The van der Waals surface area contributed by atoms with Gasteiger partial charge in [0.25, 0.3) is 0 Å². The molecule has 1 aromatic rings. The number of hydrogen-bond donors (Lipinski definition) is 1. The predicted molar refractivity (Wildman–Crippen MR) is 64.9 cm³/mol. The van der Waals surface area contributed by atoms with Crippen LogP contribution in [-0.4, -0.2) is 36.1 Å². The summed E-state index contributed by atoms with van der Waals surface area (Å²) in [5.74, 6) is -0.779. The molecule has 16 heavy (non-hydrogen) atoms. The molecule has 0 radical (unpaired) electrons. The second kappa shape index (κ2) is 5.87. The molecule has 1 N–H and O–H groups in total. The third-order valence-corrected chi connectivity index (χ3v) is 2.78. The van der Waals surface area contributed by atoms with Gasteiger partial charge in [-0.25, -0.2) is 0 Å². The van der Waals surface area contributed by atoms with E-state index in [2.05, 4.69) is 0 Å². The van der Waals surface area contributed by atoms with Gasteiger partial charge in [-0.05, 0) is 44.6 Å². The molecule has 0 saturated carbocycles. The second-order valence-electron chi connectivity index (χ2n) is 3.98. The molecule has 0 aromatic heterocycles. The average molecular weight is 242 g/mol. The SMILES string of the molecule is CN(C)C(CCc1ccc(Cl)cc1)C(=O)O. The standard InChI is InChI=1S/C12H16ClNO2/c1-14(2)11(12(15)16)8-5-9-3-6-10(13)7-4-9/h3-4,6-7,11H,5,8H2,1-2H3,(H,15,16). The van der Waals surface area contributed by atoms with Crippen LogP contribution in [0.3, 0.4) is 0 Å². The average Bonchev–Trinajstić information content (AvgIpc) is 2.20. The van der Waals surface area contributed by atoms with Gasteiger partial charge in [-0.1, -0.05) is 23.7 Å². The van der Waals surface area contributed by atoms with E-state index in [4.69, 9.17) is 16.7 Å². The van der Waals surface area contributed by atoms with Gasteiger partial charge in [0.15, 0.2) is 0 Å². The molecular formula is C12H16ClNO2. The number of carboxylic acid groups (broad SMARTS) is 1. The van der Waals surface area contributed by atoms with Crippen LogP contribution >= 0.6 is 11.6 Å². The van der Waals surface area contributed by atoms with Gasteiger partial charge < -0.3 is 5.11 Å². The topological polar surface area (TPSA) is 40.5 Å². The smallest absolute Gasteiger partial charge is 0.320 e. The quantitative estimate of drug-likeness (QED) is 0.860. The summed E-state index contributed by atoms with van der Waals surface area (Å²) < 4.78 is 0. The number of benzene rings is 1. The van der Waals surface area contributed by atoms with E-state index >= 15 is 0 Å². The summed E-state index contributed by atoms with van der Waals surface area (Å²) in [6, 6.07) is 7.06. The van der Waals surface area contributed by atoms with Gasteiger partial charge in [0.05, 0.1) is 0 Å². The van der Waals surface area contributed by atoms with Gasteiger partial charge in [-0.3, -0.25) is 9.69 Å². The number of halogens is 1. The fourth-order valence-corrected chi connectivity index (χ4v) is 1.68. The Balaban J connectivity index is 2.55. The molecule has 1 unspecified atom stereocenters. The van der Waals surface area contributed by atoms with Crippen LogP contribution < -0.4 is 0 Å². The van der Waals surface area contributed by atoms with Gasteiger partial charge in [-0.15, -0.1) is 0 Å². The summed E-state index contributed by atoms with van der Waals surface area (Å²) in [7, 11) is 3.56. The van der Waals surface area contributed by atoms with E-state index < -0.39 is 12.0 Å². The summed E-state index contributed by atoms with van der Waals surface area (Å²) in [4.78, 5) is 12.7. The molecule has 1 rings (SSSR count). The minimum Gasteiger partial charge on any atom is -0.480 e. The zero-order valence-corrected chi connectivity index (χ0v) is 10.2. The third-order valence-electron chi connectivity index (χ3n) is 2.53. The molecule has 0 bridgehead atoms. The number of nitrogens with zero attached hydrogens (tertiary/aromatic N) is 1. The van der Waals surface area contributed by atoms with Gasteiger partial charge in [0.1, 0.15) is 6.04 Å². The van der Waals surface area contributed by atoms with Crippen molar-refractivity contribution < 1.29 is 9.90 Å². The van der Waals surface area contributed by atoms with E-state index in [-0.39, 0.29) is 0 Å². The molecule has 0 saturated heterocycles. The molecular weight excluding hydrogens is 226 g/mol. The van der Waals surface area contributed by atoms with E-state index in [1.165, 1.54) is 0 Å². The van der Waals surface area contributed by atoms with Gasteiger partial charge in [-0.2, -0.15) is 0 Å². The van der Waals surface area contributed by atoms with E-state index in [1.807, 2.05) is 24.3 Å². The van der Waals surface area contributed by atoms with Crippen LogP contribution in [0.25, 0.3) is 0 Å². The van der Waals surface area contributed by atoms with Crippen molar-refractivity contribution in [3.63, 3.8) is 0 Å². The molecule has 88 valence electrons. The van der Waals surface area contributed by atoms with E-state index in [0.29, 0.717) is 11.4 Å². The maximum atomic E-state index is 11.0. The van der Waals surface area contributed by atoms with Crippen molar-refractivity contribution in [2.75, 3.05) is 14.1 Å². The number of aryl methyl sites for hydroxylation is 1. The van der Waals surface area contributed by atoms with Crippen molar-refractivity contribution in [3.8, 4) is 0 Å². The van der Waals surface area contributed by atoms with Crippen LogP contribution in [0.1, 0.15) is 12.0 Å². The Morgan fingerprint density at radius 1 is 1.38 bits per heavy atom. The lowest BCUT2D eigenvalue weighted by atomic mass is 10.0. The van der Waals surface area contributed by atoms with Crippen LogP contribution in [0.2, 0.25) is 5.02 Å². The van der Waals surface area contributed by atoms with Crippen LogP contribution in [0.5, 0.6) is 0 Å². The van der Waals surface area contributed by atoms with Crippen molar-refractivity contribution in [2.24, 2.45) is 0 Å². The van der Waals surface area contributed by atoms with Crippen LogP contribution in [0.15, 0.2) is 24.3 Å². The Hall–Kier alpha value is -1.06. The number of aliphatic carboxylic acids is 1. The van der Waals surface area contributed by atoms with E-state index in [9.17, 15) is 4.79 Å². The van der Waals surface area contributed by atoms with Crippen molar-refractivity contribution >= 4 is 17.6 Å². The first-order valence-electron chi connectivity index (χ1n) is 5.14. The Labute approximate surface area is 101 Å². The molecule has 0 amide bonds. The minimum atomic E-state index is -0.779. The van der Waals surface area contributed by atoms with E-state index in [1.54, 1.807) is 19.0 Å². The number of likely N-dealkylation sites (N-methyl/N-ethyl adjacent to an activating group) is 1. The monoisotopic (exact) mass is 241 g/mol. The Kier molecular flexibility index (Phi) is 4.77. The highest BCUT2D eigenvalue weighted by Gasteiger charge is 2.18. The summed E-state index contributed by atoms with van der Waals surface area (Å²) in [6.07, 6.45) is 1.34. The lowest BCUT2D eigenvalue weighted by Gasteiger charge is -2.19. The molecule has 0 spiro atoms. The second-order valence-corrected chi connectivity index (χ2v) is 4.42. The summed E-state index contributed by atoms with van der Waals surface area (Å²) in [6.45, 7) is 0. The molecule has 4 heteroatoms. The Bertz CT molecular complexity index is 349. The number of hydrogen-bond acceptors (Lipinski definition) is 2. The highest BCUT2D eigenvalue weighted by molar-refractivity contribution is 6.30. The summed E-state index contributed by atoms with van der Waals surface area (Å²) in [5, 5.41) is 9.70. The maximum Gasteiger partial charge on any atom is 0.320 e. The zero-order chi connectivity index (χ0) is 12.1. The predicted octanol–water partition coefficient (Wildman–Crippen LogP) is 2.29. The zero-order valence-electron chi connectivity index (χ0n) is 9.48. The van der Waals surface area contributed by atoms with Crippen LogP contribution in [-0.2, 0) is 11.2 Å². The number of carboxylic acids is 1. The molecule has 3 nitrogen and oxygen atoms in total. The van der Waals surface area contributed by atoms with Crippen molar-refractivity contribution in [1.82, 2.24) is 4.90 Å². The molecule has 0 heterocycles. The first-order valence-corrected chi connectivity index (χ1v) is 5.52. The molecule has 0 aliphatic rings. The van der Waals surface area contributed by atoms with Gasteiger partial charge >= 0.3 is 5.97 Å². The van der Waals surface area contributed by atoms with Crippen LogP contribution in [0.4, 0.5) is 0 Å². The third kappa shape index (κ3) is 3.83. The maximum absolute atomic E-state index is 11.0. The largest absolute Gasteiger partial charge is 0.480 e.